The van der Waals surface area contributed by atoms with Gasteiger partial charge in [0.05, 0.1) is 18.7 Å². The second kappa shape index (κ2) is 8.90. The monoisotopic (exact) mass is 417 g/mol. The van der Waals surface area contributed by atoms with Crippen LogP contribution in [0.5, 0.6) is 0 Å². The summed E-state index contributed by atoms with van der Waals surface area (Å²) < 4.78 is 5.39. The summed E-state index contributed by atoms with van der Waals surface area (Å²) in [5, 5.41) is 5.72. The number of aromatic nitrogens is 3. The lowest BCUT2D eigenvalue weighted by Crippen LogP contribution is -2.37. The fourth-order valence-corrected chi connectivity index (χ4v) is 3.62. The smallest absolute Gasteiger partial charge is 0.227 e. The van der Waals surface area contributed by atoms with Crippen molar-refractivity contribution in [1.82, 2.24) is 15.0 Å². The SMILES string of the molecule is Clc1ccc2c(NCCCc3cc(Cl)nc(N4CCOCC4)n3)ccnc2c1. The highest BCUT2D eigenvalue weighted by Crippen LogP contribution is 2.24. The number of anilines is 2. The predicted molar refractivity (Wildman–Crippen MR) is 114 cm³/mol. The van der Waals surface area contributed by atoms with Gasteiger partial charge in [0.1, 0.15) is 5.15 Å². The lowest BCUT2D eigenvalue weighted by molar-refractivity contribution is 0.122. The number of hydrogen-bond donors (Lipinski definition) is 1. The maximum atomic E-state index is 6.21. The number of morpholine rings is 1. The van der Waals surface area contributed by atoms with E-state index >= 15 is 0 Å². The Hall–Kier alpha value is -2.15. The van der Waals surface area contributed by atoms with Crippen molar-refractivity contribution < 1.29 is 4.74 Å². The van der Waals surface area contributed by atoms with E-state index in [4.69, 9.17) is 27.9 Å². The van der Waals surface area contributed by atoms with Crippen molar-refractivity contribution in [2.75, 3.05) is 43.1 Å². The lowest BCUT2D eigenvalue weighted by atomic mass is 10.1. The molecule has 1 aliphatic heterocycles. The average molecular weight is 418 g/mol. The van der Waals surface area contributed by atoms with Gasteiger partial charge in [0, 0.05) is 47.6 Å². The van der Waals surface area contributed by atoms with Crippen LogP contribution in [0.15, 0.2) is 36.5 Å². The van der Waals surface area contributed by atoms with E-state index in [9.17, 15) is 0 Å². The zero-order valence-corrected chi connectivity index (χ0v) is 16.9. The van der Waals surface area contributed by atoms with Crippen LogP contribution in [-0.4, -0.2) is 47.8 Å². The first kappa shape index (κ1) is 19.2. The van der Waals surface area contributed by atoms with Crippen LogP contribution in [0.4, 0.5) is 11.6 Å². The third kappa shape index (κ3) is 4.63. The van der Waals surface area contributed by atoms with Crippen LogP contribution in [0, 0.1) is 0 Å². The van der Waals surface area contributed by atoms with Gasteiger partial charge < -0.3 is 15.0 Å². The Kier molecular flexibility index (Phi) is 6.10. The van der Waals surface area contributed by atoms with Gasteiger partial charge in [0.25, 0.3) is 0 Å². The van der Waals surface area contributed by atoms with Crippen molar-refractivity contribution in [2.24, 2.45) is 0 Å². The number of benzene rings is 1. The summed E-state index contributed by atoms with van der Waals surface area (Å²) in [5.74, 6) is 0.691. The van der Waals surface area contributed by atoms with Crippen molar-refractivity contribution in [3.05, 3.63) is 52.4 Å². The molecule has 1 fully saturated rings. The number of fused-ring (bicyclic) bond motifs is 1. The molecule has 1 saturated heterocycles. The molecule has 0 bridgehead atoms. The molecule has 1 aromatic carbocycles. The number of pyridine rings is 1. The summed E-state index contributed by atoms with van der Waals surface area (Å²) in [5.41, 5.74) is 2.89. The van der Waals surface area contributed by atoms with Crippen molar-refractivity contribution in [1.29, 1.82) is 0 Å². The van der Waals surface area contributed by atoms with E-state index in [2.05, 4.69) is 25.2 Å². The Bertz CT molecular complexity index is 962. The summed E-state index contributed by atoms with van der Waals surface area (Å²) in [4.78, 5) is 15.5. The van der Waals surface area contributed by atoms with E-state index < -0.39 is 0 Å². The summed E-state index contributed by atoms with van der Waals surface area (Å²) in [6.45, 7) is 3.79. The highest BCUT2D eigenvalue weighted by atomic mass is 35.5. The van der Waals surface area contributed by atoms with Gasteiger partial charge in [0.2, 0.25) is 5.95 Å². The van der Waals surface area contributed by atoms with Gasteiger partial charge in [-0.2, -0.15) is 0 Å². The molecule has 28 heavy (non-hydrogen) atoms. The Labute approximate surface area is 173 Å². The van der Waals surface area contributed by atoms with Gasteiger partial charge in [-0.3, -0.25) is 4.98 Å². The predicted octanol–water partition coefficient (Wildman–Crippen LogP) is 4.21. The van der Waals surface area contributed by atoms with Gasteiger partial charge in [-0.15, -0.1) is 0 Å². The molecular formula is C20H21Cl2N5O. The number of ether oxygens (including phenoxy) is 1. The van der Waals surface area contributed by atoms with Crippen molar-refractivity contribution in [2.45, 2.75) is 12.8 Å². The topological polar surface area (TPSA) is 63.2 Å². The maximum absolute atomic E-state index is 6.21. The quantitative estimate of drug-likeness (QED) is 0.478. The van der Waals surface area contributed by atoms with Gasteiger partial charge in [-0.1, -0.05) is 23.2 Å². The largest absolute Gasteiger partial charge is 0.384 e. The summed E-state index contributed by atoms with van der Waals surface area (Å²) in [6.07, 6.45) is 3.54. The molecule has 6 nitrogen and oxygen atoms in total. The zero-order valence-electron chi connectivity index (χ0n) is 15.4. The number of rotatable bonds is 6. The standard InChI is InChI=1S/C20H21Cl2N5O/c21-14-3-4-16-17(5-7-24-18(16)12-14)23-6-1-2-15-13-19(22)26-20(25-15)27-8-10-28-11-9-27/h3-5,7,12-13H,1-2,6,8-11H2,(H,23,24). The second-order valence-corrected chi connectivity index (χ2v) is 7.46. The van der Waals surface area contributed by atoms with Gasteiger partial charge in [0.15, 0.2) is 0 Å². The first-order valence-electron chi connectivity index (χ1n) is 9.33. The highest BCUT2D eigenvalue weighted by molar-refractivity contribution is 6.31. The number of nitrogens with one attached hydrogen (secondary N) is 1. The molecule has 0 unspecified atom stereocenters. The zero-order chi connectivity index (χ0) is 19.3. The molecular weight excluding hydrogens is 397 g/mol. The van der Waals surface area contributed by atoms with Crippen LogP contribution in [-0.2, 0) is 11.2 Å². The van der Waals surface area contributed by atoms with Crippen LogP contribution in [0.25, 0.3) is 10.9 Å². The molecule has 0 atom stereocenters. The minimum absolute atomic E-state index is 0.483. The number of hydrogen-bond acceptors (Lipinski definition) is 6. The Balaban J connectivity index is 1.37. The van der Waals surface area contributed by atoms with Crippen molar-refractivity contribution in [3.63, 3.8) is 0 Å². The Morgan fingerprint density at radius 1 is 1.07 bits per heavy atom. The molecule has 3 heterocycles. The fraction of sp³-hybridized carbons (Fsp3) is 0.350. The second-order valence-electron chi connectivity index (χ2n) is 6.63. The van der Waals surface area contributed by atoms with Crippen LogP contribution >= 0.6 is 23.2 Å². The highest BCUT2D eigenvalue weighted by Gasteiger charge is 2.15. The molecule has 4 rings (SSSR count). The van der Waals surface area contributed by atoms with Crippen LogP contribution in [0.3, 0.4) is 0 Å². The van der Waals surface area contributed by atoms with Crippen molar-refractivity contribution >= 4 is 45.7 Å². The summed E-state index contributed by atoms with van der Waals surface area (Å²) in [7, 11) is 0. The molecule has 0 spiro atoms. The first-order chi connectivity index (χ1) is 13.7. The van der Waals surface area contributed by atoms with Gasteiger partial charge >= 0.3 is 0 Å². The Morgan fingerprint density at radius 3 is 2.79 bits per heavy atom. The minimum atomic E-state index is 0.483. The van der Waals surface area contributed by atoms with Gasteiger partial charge in [-0.05, 0) is 43.2 Å². The molecule has 0 aliphatic carbocycles. The Morgan fingerprint density at radius 2 is 1.93 bits per heavy atom. The van der Waals surface area contributed by atoms with Crippen molar-refractivity contribution in [3.8, 4) is 0 Å². The molecule has 1 N–H and O–H groups in total. The van der Waals surface area contributed by atoms with Gasteiger partial charge in [-0.25, -0.2) is 9.97 Å². The molecule has 146 valence electrons. The van der Waals surface area contributed by atoms with Crippen LogP contribution in [0.1, 0.15) is 12.1 Å². The number of aryl methyl sites for hydroxylation is 1. The van der Waals surface area contributed by atoms with E-state index in [-0.39, 0.29) is 0 Å². The minimum Gasteiger partial charge on any atom is -0.384 e. The molecule has 3 aromatic rings. The van der Waals surface area contributed by atoms with E-state index in [1.165, 1.54) is 0 Å². The average Bonchev–Trinajstić information content (AvgIpc) is 2.71. The molecule has 0 saturated carbocycles. The van der Waals surface area contributed by atoms with E-state index in [0.29, 0.717) is 29.3 Å². The van der Waals surface area contributed by atoms with E-state index in [1.807, 2.05) is 30.3 Å². The molecule has 0 radical (unpaired) electrons. The third-order valence-corrected chi connectivity index (χ3v) is 5.09. The number of nitrogens with zero attached hydrogens (tertiary/aromatic N) is 4. The summed E-state index contributed by atoms with van der Waals surface area (Å²) in [6, 6.07) is 9.57. The molecule has 8 heteroatoms. The lowest BCUT2D eigenvalue weighted by Gasteiger charge is -2.27. The third-order valence-electron chi connectivity index (χ3n) is 4.66. The normalized spacial score (nSPS) is 14.4. The van der Waals surface area contributed by atoms with E-state index in [0.717, 1.165) is 54.8 Å². The molecule has 0 amide bonds. The maximum Gasteiger partial charge on any atom is 0.227 e. The van der Waals surface area contributed by atoms with Crippen LogP contribution in [0.2, 0.25) is 10.2 Å². The molecule has 1 aliphatic rings. The molecule has 2 aromatic heterocycles. The van der Waals surface area contributed by atoms with Crippen LogP contribution < -0.4 is 10.2 Å². The number of halogens is 2. The van der Waals surface area contributed by atoms with E-state index in [1.54, 1.807) is 6.20 Å². The summed E-state index contributed by atoms with van der Waals surface area (Å²) >= 11 is 12.3. The fourth-order valence-electron chi connectivity index (χ4n) is 3.25. The first-order valence-corrected chi connectivity index (χ1v) is 10.1.